The van der Waals surface area contributed by atoms with Crippen molar-refractivity contribution in [3.8, 4) is 0 Å². The molecule has 0 aromatic heterocycles. The molecule has 3 fully saturated rings. The molecule has 0 radical (unpaired) electrons. The molecule has 4 rings (SSSR count). The summed E-state index contributed by atoms with van der Waals surface area (Å²) in [4.78, 5) is 19.5. The van der Waals surface area contributed by atoms with Crippen molar-refractivity contribution < 1.29 is 9.69 Å². The van der Waals surface area contributed by atoms with Crippen LogP contribution in [0.2, 0.25) is 0 Å². The van der Waals surface area contributed by atoms with Gasteiger partial charge in [0.15, 0.2) is 0 Å². The minimum atomic E-state index is 0.256. The first kappa shape index (κ1) is 18.9. The van der Waals surface area contributed by atoms with Gasteiger partial charge in [-0.05, 0) is 38.6 Å². The topological polar surface area (TPSA) is 28.0 Å². The van der Waals surface area contributed by atoms with Crippen molar-refractivity contribution in [3.05, 3.63) is 35.9 Å². The van der Waals surface area contributed by atoms with Crippen LogP contribution in [-0.2, 0) is 11.3 Å². The summed E-state index contributed by atoms with van der Waals surface area (Å²) < 4.78 is 0. The molecule has 0 bridgehead atoms. The van der Waals surface area contributed by atoms with Gasteiger partial charge in [0, 0.05) is 44.1 Å². The van der Waals surface area contributed by atoms with E-state index in [1.54, 1.807) is 4.90 Å². The van der Waals surface area contributed by atoms with Gasteiger partial charge in [-0.15, -0.1) is 0 Å². The van der Waals surface area contributed by atoms with Gasteiger partial charge in [0.1, 0.15) is 6.54 Å². The highest BCUT2D eigenvalue weighted by atomic mass is 16.2. The molecule has 0 saturated carbocycles. The highest BCUT2D eigenvalue weighted by molar-refractivity contribution is 5.79. The van der Waals surface area contributed by atoms with Crippen LogP contribution < -0.4 is 4.90 Å². The van der Waals surface area contributed by atoms with Crippen LogP contribution in [0.25, 0.3) is 0 Å². The number of hydrogen-bond acceptors (Lipinski definition) is 2. The number of quaternary nitrogens is 1. The van der Waals surface area contributed by atoms with Gasteiger partial charge in [0.25, 0.3) is 0 Å². The molecule has 1 amide bonds. The fourth-order valence-corrected chi connectivity index (χ4v) is 5.35. The SMILES string of the molecule is O=C([C@@H]1CCCN(C2CC[NH+](Cc3ccccc3)CC2)C1)N1CCCCC1. The van der Waals surface area contributed by atoms with Crippen molar-refractivity contribution in [2.75, 3.05) is 39.3 Å². The predicted molar refractivity (Wildman–Crippen MR) is 109 cm³/mol. The number of hydrogen-bond donors (Lipinski definition) is 1. The third-order valence-corrected chi connectivity index (χ3v) is 6.95. The number of nitrogens with zero attached hydrogens (tertiary/aromatic N) is 2. The van der Waals surface area contributed by atoms with E-state index in [4.69, 9.17) is 0 Å². The lowest BCUT2D eigenvalue weighted by Crippen LogP contribution is -3.12. The second kappa shape index (κ2) is 9.20. The van der Waals surface area contributed by atoms with E-state index in [2.05, 4.69) is 40.1 Å². The third-order valence-electron chi connectivity index (χ3n) is 6.95. The Hall–Kier alpha value is -1.39. The van der Waals surface area contributed by atoms with Crippen LogP contribution in [0.1, 0.15) is 50.5 Å². The van der Waals surface area contributed by atoms with Crippen LogP contribution in [0.15, 0.2) is 30.3 Å². The lowest BCUT2D eigenvalue weighted by atomic mass is 9.92. The second-order valence-electron chi connectivity index (χ2n) is 8.86. The summed E-state index contributed by atoms with van der Waals surface area (Å²) >= 11 is 0. The van der Waals surface area contributed by atoms with Crippen molar-refractivity contribution in [1.29, 1.82) is 0 Å². The molecule has 1 aromatic rings. The highest BCUT2D eigenvalue weighted by Gasteiger charge is 2.34. The van der Waals surface area contributed by atoms with Crippen molar-refractivity contribution >= 4 is 5.91 Å². The molecular weight excluding hydrogens is 334 g/mol. The minimum Gasteiger partial charge on any atom is -0.342 e. The maximum absolute atomic E-state index is 12.9. The van der Waals surface area contributed by atoms with E-state index in [-0.39, 0.29) is 5.92 Å². The standard InChI is InChI=1S/C23H35N3O/c27-23(25-13-5-2-6-14-25)21-10-7-15-26(19-21)22-11-16-24(17-12-22)18-20-8-3-1-4-9-20/h1,3-4,8-9,21-22H,2,5-7,10-19H2/p+1/t21-/m1/s1. The number of carbonyl (C=O) groups excluding carboxylic acids is 1. The molecule has 3 aliphatic heterocycles. The largest absolute Gasteiger partial charge is 0.342 e. The van der Waals surface area contributed by atoms with Crippen LogP contribution in [0.5, 0.6) is 0 Å². The summed E-state index contributed by atoms with van der Waals surface area (Å²) in [5, 5.41) is 0. The second-order valence-corrected chi connectivity index (χ2v) is 8.86. The number of piperidine rings is 3. The molecule has 4 nitrogen and oxygen atoms in total. The van der Waals surface area contributed by atoms with E-state index in [1.807, 2.05) is 0 Å². The monoisotopic (exact) mass is 370 g/mol. The highest BCUT2D eigenvalue weighted by Crippen LogP contribution is 2.24. The molecule has 3 heterocycles. The Morgan fingerprint density at radius 2 is 1.67 bits per heavy atom. The van der Waals surface area contributed by atoms with Gasteiger partial charge in [-0.2, -0.15) is 0 Å². The quantitative estimate of drug-likeness (QED) is 0.878. The first-order chi connectivity index (χ1) is 13.3. The number of amides is 1. The number of benzene rings is 1. The molecule has 148 valence electrons. The molecular formula is C23H36N3O+. The third kappa shape index (κ3) is 4.91. The lowest BCUT2D eigenvalue weighted by molar-refractivity contribution is -0.919. The fraction of sp³-hybridized carbons (Fsp3) is 0.696. The zero-order chi connectivity index (χ0) is 18.5. The van der Waals surface area contributed by atoms with Crippen molar-refractivity contribution in [1.82, 2.24) is 9.80 Å². The van der Waals surface area contributed by atoms with Gasteiger partial charge in [-0.1, -0.05) is 30.3 Å². The maximum atomic E-state index is 12.9. The molecule has 3 aliphatic rings. The fourth-order valence-electron chi connectivity index (χ4n) is 5.35. The summed E-state index contributed by atoms with van der Waals surface area (Å²) in [7, 11) is 0. The van der Waals surface area contributed by atoms with Crippen LogP contribution in [0.3, 0.4) is 0 Å². The van der Waals surface area contributed by atoms with Crippen molar-refractivity contribution in [2.45, 2.75) is 57.5 Å². The normalized spacial score (nSPS) is 30.2. The Morgan fingerprint density at radius 1 is 0.926 bits per heavy atom. The lowest BCUT2D eigenvalue weighted by Gasteiger charge is -2.42. The summed E-state index contributed by atoms with van der Waals surface area (Å²) in [6, 6.07) is 11.6. The number of carbonyl (C=O) groups is 1. The van der Waals surface area contributed by atoms with Gasteiger partial charge in [-0.3, -0.25) is 9.69 Å². The van der Waals surface area contributed by atoms with Gasteiger partial charge >= 0.3 is 0 Å². The summed E-state index contributed by atoms with van der Waals surface area (Å²) in [5.74, 6) is 0.707. The predicted octanol–water partition coefficient (Wildman–Crippen LogP) is 1.96. The van der Waals surface area contributed by atoms with Crippen LogP contribution in [-0.4, -0.2) is 61.0 Å². The number of rotatable bonds is 4. The summed E-state index contributed by atoms with van der Waals surface area (Å²) in [6.07, 6.45) is 8.56. The van der Waals surface area contributed by atoms with E-state index in [9.17, 15) is 4.79 Å². The Kier molecular flexibility index (Phi) is 6.46. The molecule has 1 aromatic carbocycles. The van der Waals surface area contributed by atoms with E-state index >= 15 is 0 Å². The zero-order valence-corrected chi connectivity index (χ0v) is 16.7. The van der Waals surface area contributed by atoms with Crippen LogP contribution in [0.4, 0.5) is 0 Å². The van der Waals surface area contributed by atoms with Crippen LogP contribution in [0, 0.1) is 5.92 Å². The average molecular weight is 371 g/mol. The van der Waals surface area contributed by atoms with E-state index in [1.165, 1.54) is 63.7 Å². The van der Waals surface area contributed by atoms with Gasteiger partial charge in [0.05, 0.1) is 19.0 Å². The average Bonchev–Trinajstić information content (AvgIpc) is 2.75. The maximum Gasteiger partial charge on any atom is 0.226 e. The molecule has 0 unspecified atom stereocenters. The summed E-state index contributed by atoms with van der Waals surface area (Å²) in [5.41, 5.74) is 1.45. The Balaban J connectivity index is 1.26. The molecule has 1 N–H and O–H groups in total. The molecule has 3 saturated heterocycles. The Labute approximate surface area is 164 Å². The van der Waals surface area contributed by atoms with Gasteiger partial charge in [0.2, 0.25) is 5.91 Å². The Bertz CT molecular complexity index is 591. The van der Waals surface area contributed by atoms with E-state index in [0.29, 0.717) is 11.9 Å². The molecule has 1 atom stereocenters. The molecule has 0 aliphatic carbocycles. The first-order valence-corrected chi connectivity index (χ1v) is 11.2. The Morgan fingerprint density at radius 3 is 2.41 bits per heavy atom. The van der Waals surface area contributed by atoms with Gasteiger partial charge < -0.3 is 9.80 Å². The minimum absolute atomic E-state index is 0.256. The first-order valence-electron chi connectivity index (χ1n) is 11.2. The van der Waals surface area contributed by atoms with Crippen molar-refractivity contribution in [2.24, 2.45) is 5.92 Å². The molecule has 4 heteroatoms. The van der Waals surface area contributed by atoms with E-state index in [0.717, 1.165) is 32.6 Å². The smallest absolute Gasteiger partial charge is 0.226 e. The van der Waals surface area contributed by atoms with Crippen LogP contribution >= 0.6 is 0 Å². The zero-order valence-electron chi connectivity index (χ0n) is 16.7. The number of likely N-dealkylation sites (tertiary alicyclic amines) is 3. The summed E-state index contributed by atoms with van der Waals surface area (Å²) in [6.45, 7) is 7.88. The van der Waals surface area contributed by atoms with Gasteiger partial charge in [-0.25, -0.2) is 0 Å². The number of nitrogens with one attached hydrogen (secondary N) is 1. The molecule has 0 spiro atoms. The molecule has 27 heavy (non-hydrogen) atoms. The van der Waals surface area contributed by atoms with Crippen molar-refractivity contribution in [3.63, 3.8) is 0 Å². The van der Waals surface area contributed by atoms with E-state index < -0.39 is 0 Å².